The van der Waals surface area contributed by atoms with Gasteiger partial charge < -0.3 is 15.9 Å². The van der Waals surface area contributed by atoms with Crippen LogP contribution >= 0.6 is 15.9 Å². The summed E-state index contributed by atoms with van der Waals surface area (Å²) in [4.78, 5) is 9.47. The highest BCUT2D eigenvalue weighted by Gasteiger charge is 2.19. The van der Waals surface area contributed by atoms with E-state index in [0.29, 0.717) is 0 Å². The number of amides is 1. The first-order chi connectivity index (χ1) is 4.09. The van der Waals surface area contributed by atoms with Gasteiger partial charge >= 0.3 is 0 Å². The summed E-state index contributed by atoms with van der Waals surface area (Å²) in [6.45, 7) is -0.315. The van der Waals surface area contributed by atoms with E-state index < -0.39 is 16.8 Å². The van der Waals surface area contributed by atoms with Crippen LogP contribution in [0.15, 0.2) is 0 Å². The number of rotatable bonds is 3. The maximum atomic E-state index is 10.1. The van der Waals surface area contributed by atoms with Gasteiger partial charge in [-0.2, -0.15) is 0 Å². The number of aliphatic hydroxyl groups excluding tert-OH is 2. The Morgan fingerprint density at radius 2 is 2.22 bits per heavy atom. The molecule has 5 heteroatoms. The number of nitrogens with two attached hydrogens (primary N) is 1. The smallest absolute Gasteiger partial charge is 0.247 e. The minimum Gasteiger partial charge on any atom is -0.395 e. The topological polar surface area (TPSA) is 83.6 Å². The predicted octanol–water partition coefficient (Wildman–Crippen LogP) is -1.41. The molecule has 0 heterocycles. The summed E-state index contributed by atoms with van der Waals surface area (Å²) in [5.41, 5.74) is 4.68. The van der Waals surface area contributed by atoms with Gasteiger partial charge in [-0.25, -0.2) is 0 Å². The van der Waals surface area contributed by atoms with E-state index in [9.17, 15) is 4.79 Å². The number of primary amides is 1. The molecule has 9 heavy (non-hydrogen) atoms. The van der Waals surface area contributed by atoms with Gasteiger partial charge in [0.05, 0.1) is 11.4 Å². The van der Waals surface area contributed by atoms with Crippen molar-refractivity contribution in [2.24, 2.45) is 5.73 Å². The van der Waals surface area contributed by atoms with Gasteiger partial charge in [0, 0.05) is 0 Å². The van der Waals surface area contributed by atoms with E-state index in [2.05, 4.69) is 21.7 Å². The summed E-state index contributed by atoms with van der Waals surface area (Å²) in [6, 6.07) is 0. The van der Waals surface area contributed by atoms with Crippen molar-refractivity contribution in [3.8, 4) is 0 Å². The normalized spacial score (nSPS) is 16.8. The minimum absolute atomic E-state index is 0.315. The molecule has 0 aromatic rings. The van der Waals surface area contributed by atoms with Crippen LogP contribution in [0.4, 0.5) is 0 Å². The van der Waals surface area contributed by atoms with E-state index in [1.807, 2.05) is 0 Å². The van der Waals surface area contributed by atoms with E-state index in [-0.39, 0.29) is 6.61 Å². The van der Waals surface area contributed by atoms with Crippen LogP contribution in [-0.2, 0) is 4.79 Å². The summed E-state index contributed by atoms with van der Waals surface area (Å²) >= 11 is 2.84. The molecule has 0 aliphatic rings. The van der Waals surface area contributed by atoms with E-state index in [1.165, 1.54) is 0 Å². The fourth-order valence-corrected chi connectivity index (χ4v) is 0.539. The monoisotopic (exact) mass is 197 g/mol. The zero-order valence-electron chi connectivity index (χ0n) is 4.62. The lowest BCUT2D eigenvalue weighted by atomic mass is 10.2. The second-order valence-electron chi connectivity index (χ2n) is 1.55. The SMILES string of the molecule is NC(=O)[C@@H](O)[C@H](Br)CO. The summed E-state index contributed by atoms with van der Waals surface area (Å²) in [5.74, 6) is -0.842. The van der Waals surface area contributed by atoms with E-state index in [4.69, 9.17) is 10.2 Å². The minimum atomic E-state index is -1.31. The van der Waals surface area contributed by atoms with Crippen molar-refractivity contribution in [2.45, 2.75) is 10.9 Å². The van der Waals surface area contributed by atoms with Crippen LogP contribution in [0.1, 0.15) is 0 Å². The summed E-state index contributed by atoms with van der Waals surface area (Å²) in [7, 11) is 0. The van der Waals surface area contributed by atoms with Crippen molar-refractivity contribution in [2.75, 3.05) is 6.61 Å². The Morgan fingerprint density at radius 3 is 2.33 bits per heavy atom. The molecule has 4 nitrogen and oxygen atoms in total. The van der Waals surface area contributed by atoms with Gasteiger partial charge in [-0.1, -0.05) is 15.9 Å². The van der Waals surface area contributed by atoms with Crippen LogP contribution in [0.25, 0.3) is 0 Å². The number of carbonyl (C=O) groups is 1. The highest BCUT2D eigenvalue weighted by Crippen LogP contribution is 2.03. The molecule has 0 unspecified atom stereocenters. The van der Waals surface area contributed by atoms with Gasteiger partial charge in [0.15, 0.2) is 0 Å². The first-order valence-corrected chi connectivity index (χ1v) is 3.23. The van der Waals surface area contributed by atoms with Crippen LogP contribution in [0, 0.1) is 0 Å². The van der Waals surface area contributed by atoms with Crippen LogP contribution < -0.4 is 5.73 Å². The zero-order valence-corrected chi connectivity index (χ0v) is 6.21. The standard InChI is InChI=1S/C4H8BrNO3/c5-2(1-7)3(8)4(6)9/h2-3,7-8H,1H2,(H2,6,9)/t2-,3+/m1/s1. The molecule has 0 spiro atoms. The van der Waals surface area contributed by atoms with Crippen molar-refractivity contribution < 1.29 is 15.0 Å². The molecule has 0 radical (unpaired) electrons. The Kier molecular flexibility index (Phi) is 3.76. The lowest BCUT2D eigenvalue weighted by Gasteiger charge is -2.09. The average Bonchev–Trinajstić information content (AvgIpc) is 1.84. The third-order valence-electron chi connectivity index (χ3n) is 0.809. The lowest BCUT2D eigenvalue weighted by Crippen LogP contribution is -2.37. The van der Waals surface area contributed by atoms with Crippen LogP contribution in [0.3, 0.4) is 0 Å². The quantitative estimate of drug-likeness (QED) is 0.487. The van der Waals surface area contributed by atoms with Crippen LogP contribution in [-0.4, -0.2) is 33.7 Å². The average molecular weight is 198 g/mol. The lowest BCUT2D eigenvalue weighted by molar-refractivity contribution is -0.126. The van der Waals surface area contributed by atoms with Crippen molar-refractivity contribution in [1.82, 2.24) is 0 Å². The largest absolute Gasteiger partial charge is 0.395 e. The highest BCUT2D eigenvalue weighted by atomic mass is 79.9. The number of halogens is 1. The van der Waals surface area contributed by atoms with Crippen LogP contribution in [0.2, 0.25) is 0 Å². The van der Waals surface area contributed by atoms with Crippen molar-refractivity contribution in [1.29, 1.82) is 0 Å². The predicted molar refractivity (Wildman–Crippen MR) is 35.0 cm³/mol. The molecular formula is C4H8BrNO3. The van der Waals surface area contributed by atoms with Crippen molar-refractivity contribution in [3.63, 3.8) is 0 Å². The molecule has 0 aliphatic carbocycles. The number of carbonyl (C=O) groups excluding carboxylic acids is 1. The molecule has 0 saturated heterocycles. The molecule has 2 atom stereocenters. The molecule has 0 aromatic carbocycles. The molecule has 0 aliphatic heterocycles. The van der Waals surface area contributed by atoms with Gasteiger partial charge in [0.25, 0.3) is 0 Å². The van der Waals surface area contributed by atoms with Crippen LogP contribution in [0.5, 0.6) is 0 Å². The Balaban J connectivity index is 3.72. The molecular weight excluding hydrogens is 190 g/mol. The molecule has 0 aromatic heterocycles. The second kappa shape index (κ2) is 3.81. The van der Waals surface area contributed by atoms with Crippen molar-refractivity contribution in [3.05, 3.63) is 0 Å². The van der Waals surface area contributed by atoms with Gasteiger partial charge in [-0.05, 0) is 0 Å². The van der Waals surface area contributed by atoms with E-state index >= 15 is 0 Å². The summed E-state index contributed by atoms with van der Waals surface area (Å²) in [6.07, 6.45) is -1.31. The number of hydrogen-bond donors (Lipinski definition) is 3. The maximum Gasteiger partial charge on any atom is 0.247 e. The fourth-order valence-electron chi connectivity index (χ4n) is 0.278. The zero-order chi connectivity index (χ0) is 7.44. The summed E-state index contributed by atoms with van der Waals surface area (Å²) in [5, 5.41) is 17.1. The second-order valence-corrected chi connectivity index (χ2v) is 2.72. The van der Waals surface area contributed by atoms with Gasteiger partial charge in [-0.15, -0.1) is 0 Å². The Hall–Kier alpha value is -0.130. The third-order valence-corrected chi connectivity index (χ3v) is 1.60. The molecule has 0 rings (SSSR count). The molecule has 1 amide bonds. The number of aliphatic hydroxyl groups is 2. The first-order valence-electron chi connectivity index (χ1n) is 2.32. The first kappa shape index (κ1) is 8.87. The van der Waals surface area contributed by atoms with Gasteiger partial charge in [0.2, 0.25) is 5.91 Å². The molecule has 0 fully saturated rings. The highest BCUT2D eigenvalue weighted by molar-refractivity contribution is 9.09. The van der Waals surface area contributed by atoms with E-state index in [1.54, 1.807) is 0 Å². The molecule has 4 N–H and O–H groups in total. The Bertz CT molecular complexity index is 108. The van der Waals surface area contributed by atoms with Gasteiger partial charge in [0.1, 0.15) is 6.10 Å². The maximum absolute atomic E-state index is 10.1. The number of alkyl halides is 1. The fraction of sp³-hybridized carbons (Fsp3) is 0.750. The van der Waals surface area contributed by atoms with E-state index in [0.717, 1.165) is 0 Å². The Labute approximate surface area is 60.8 Å². The molecule has 54 valence electrons. The Morgan fingerprint density at radius 1 is 1.78 bits per heavy atom. The molecule has 0 bridgehead atoms. The molecule has 0 saturated carbocycles. The number of hydrogen-bond acceptors (Lipinski definition) is 3. The summed E-state index contributed by atoms with van der Waals surface area (Å²) < 4.78 is 0. The van der Waals surface area contributed by atoms with Crippen molar-refractivity contribution >= 4 is 21.8 Å². The third kappa shape index (κ3) is 2.78. The van der Waals surface area contributed by atoms with Gasteiger partial charge in [-0.3, -0.25) is 4.79 Å².